The highest BCUT2D eigenvalue weighted by atomic mass is 16.5. The van der Waals surface area contributed by atoms with Gasteiger partial charge in [0.2, 0.25) is 0 Å². The van der Waals surface area contributed by atoms with E-state index in [0.29, 0.717) is 18.6 Å². The first-order valence-corrected chi connectivity index (χ1v) is 5.49. The molecule has 1 atom stereocenters. The molecule has 88 valence electrons. The van der Waals surface area contributed by atoms with E-state index < -0.39 is 0 Å². The lowest BCUT2D eigenvalue weighted by Crippen LogP contribution is -2.17. The number of hydrogen-bond donors (Lipinski definition) is 0. The van der Waals surface area contributed by atoms with E-state index in [4.69, 9.17) is 10.00 Å². The number of carbonyl (C=O) groups is 1. The lowest BCUT2D eigenvalue weighted by atomic mass is 9.99. The van der Waals surface area contributed by atoms with E-state index in [1.165, 1.54) is 0 Å². The van der Waals surface area contributed by atoms with Gasteiger partial charge in [0, 0.05) is 0 Å². The fourth-order valence-electron chi connectivity index (χ4n) is 1.48. The third-order valence-electron chi connectivity index (χ3n) is 2.41. The van der Waals surface area contributed by atoms with Gasteiger partial charge in [-0.1, -0.05) is 18.2 Å². The molecule has 1 rings (SSSR count). The molecule has 0 N–H and O–H groups in total. The third-order valence-corrected chi connectivity index (χ3v) is 2.41. The van der Waals surface area contributed by atoms with Gasteiger partial charge in [0.15, 0.2) is 0 Å². The zero-order valence-electron chi connectivity index (χ0n) is 9.85. The van der Waals surface area contributed by atoms with E-state index in [2.05, 4.69) is 12.6 Å². The molecule has 0 aromatic heterocycles. The molecule has 0 aliphatic heterocycles. The van der Waals surface area contributed by atoms with Crippen LogP contribution in [0, 0.1) is 17.2 Å². The van der Waals surface area contributed by atoms with E-state index in [-0.39, 0.29) is 11.9 Å². The molecule has 0 saturated heterocycles. The molecular weight excluding hydrogens is 214 g/mol. The molecule has 0 aliphatic rings. The largest absolute Gasteiger partial charge is 0.466 e. The smallest absolute Gasteiger partial charge is 0.313 e. The lowest BCUT2D eigenvalue weighted by Gasteiger charge is -2.11. The summed E-state index contributed by atoms with van der Waals surface area (Å²) in [5.74, 6) is -0.588. The molecule has 0 saturated carbocycles. The van der Waals surface area contributed by atoms with Crippen molar-refractivity contribution < 1.29 is 9.53 Å². The minimum atomic E-state index is -0.331. The number of hydrogen-bond acceptors (Lipinski definition) is 3. The second kappa shape index (κ2) is 6.49. The van der Waals surface area contributed by atoms with Crippen LogP contribution in [0.3, 0.4) is 0 Å². The van der Waals surface area contributed by atoms with Crippen molar-refractivity contribution in [3.8, 4) is 6.07 Å². The molecule has 3 heteroatoms. The van der Waals surface area contributed by atoms with Crippen molar-refractivity contribution in [2.24, 2.45) is 5.92 Å². The second-order valence-electron chi connectivity index (χ2n) is 3.61. The van der Waals surface area contributed by atoms with E-state index in [1.807, 2.05) is 12.1 Å². The number of nitriles is 1. The van der Waals surface area contributed by atoms with Gasteiger partial charge in [-0.3, -0.25) is 4.79 Å². The van der Waals surface area contributed by atoms with Crippen molar-refractivity contribution in [1.29, 1.82) is 5.26 Å². The van der Waals surface area contributed by atoms with Gasteiger partial charge in [-0.05, 0) is 31.0 Å². The quantitative estimate of drug-likeness (QED) is 0.575. The number of ether oxygens (including phenoxy) is 1. The van der Waals surface area contributed by atoms with E-state index in [9.17, 15) is 4.79 Å². The number of esters is 1. The van der Waals surface area contributed by atoms with Gasteiger partial charge in [-0.25, -0.2) is 0 Å². The summed E-state index contributed by atoms with van der Waals surface area (Å²) < 4.78 is 4.95. The van der Waals surface area contributed by atoms with Crippen molar-refractivity contribution in [1.82, 2.24) is 0 Å². The number of rotatable bonds is 5. The second-order valence-corrected chi connectivity index (χ2v) is 3.61. The molecule has 1 aromatic carbocycles. The molecule has 1 unspecified atom stereocenters. The minimum absolute atomic E-state index is 0.258. The van der Waals surface area contributed by atoms with Gasteiger partial charge < -0.3 is 4.74 Å². The van der Waals surface area contributed by atoms with Crippen LogP contribution in [0.4, 0.5) is 0 Å². The molecule has 0 bridgehead atoms. The number of carbonyl (C=O) groups excluding carboxylic acids is 1. The topological polar surface area (TPSA) is 50.1 Å². The number of nitrogens with zero attached hydrogens (tertiary/aromatic N) is 1. The van der Waals surface area contributed by atoms with Crippen LogP contribution in [0.1, 0.15) is 18.1 Å². The lowest BCUT2D eigenvalue weighted by molar-refractivity contribution is -0.146. The maximum Gasteiger partial charge on any atom is 0.313 e. The molecule has 0 heterocycles. The van der Waals surface area contributed by atoms with Gasteiger partial charge >= 0.3 is 5.97 Å². The fourth-order valence-corrected chi connectivity index (χ4v) is 1.48. The van der Waals surface area contributed by atoms with Crippen LogP contribution in [0.5, 0.6) is 0 Å². The molecule has 0 amide bonds. The zero-order valence-corrected chi connectivity index (χ0v) is 9.85. The van der Waals surface area contributed by atoms with Crippen molar-refractivity contribution in [3.05, 3.63) is 48.0 Å². The maximum absolute atomic E-state index is 11.6. The molecular formula is C14H15NO2. The van der Waals surface area contributed by atoms with Gasteiger partial charge in [-0.2, -0.15) is 5.26 Å². The molecule has 3 nitrogen and oxygen atoms in total. The first-order valence-electron chi connectivity index (χ1n) is 5.49. The van der Waals surface area contributed by atoms with Crippen LogP contribution >= 0.6 is 0 Å². The standard InChI is InChI=1S/C14H15NO2/c1-3-13(14(16)17-4-2)9-11-5-7-12(10-15)8-6-11/h3,5-8,13H,1,4,9H2,2H3. The molecule has 0 aliphatic carbocycles. The Morgan fingerprint density at radius 3 is 2.65 bits per heavy atom. The summed E-state index contributed by atoms with van der Waals surface area (Å²) in [7, 11) is 0. The summed E-state index contributed by atoms with van der Waals surface area (Å²) >= 11 is 0. The molecule has 17 heavy (non-hydrogen) atoms. The van der Waals surface area contributed by atoms with E-state index in [1.54, 1.807) is 25.1 Å². The fraction of sp³-hybridized carbons (Fsp3) is 0.286. The predicted molar refractivity (Wildman–Crippen MR) is 65.2 cm³/mol. The number of benzene rings is 1. The van der Waals surface area contributed by atoms with Crippen LogP contribution < -0.4 is 0 Å². The minimum Gasteiger partial charge on any atom is -0.466 e. The van der Waals surface area contributed by atoms with E-state index >= 15 is 0 Å². The SMILES string of the molecule is C=CC(Cc1ccc(C#N)cc1)C(=O)OCC. The Morgan fingerprint density at radius 2 is 2.18 bits per heavy atom. The van der Waals surface area contributed by atoms with E-state index in [0.717, 1.165) is 5.56 Å². The van der Waals surface area contributed by atoms with Crippen LogP contribution in [0.25, 0.3) is 0 Å². The Balaban J connectivity index is 2.70. The first kappa shape index (κ1) is 13.0. The van der Waals surface area contributed by atoms with Crippen LogP contribution in [0.2, 0.25) is 0 Å². The molecule has 0 fully saturated rings. The average Bonchev–Trinajstić information content (AvgIpc) is 2.37. The summed E-state index contributed by atoms with van der Waals surface area (Å²) in [5.41, 5.74) is 1.60. The predicted octanol–water partition coefficient (Wildman–Crippen LogP) is 2.47. The normalized spacial score (nSPS) is 11.3. The van der Waals surface area contributed by atoms with Crippen LogP contribution in [0.15, 0.2) is 36.9 Å². The monoisotopic (exact) mass is 229 g/mol. The molecule has 0 radical (unpaired) electrons. The Morgan fingerprint density at radius 1 is 1.53 bits per heavy atom. The van der Waals surface area contributed by atoms with Gasteiger partial charge in [-0.15, -0.1) is 6.58 Å². The summed E-state index contributed by atoms with van der Waals surface area (Å²) in [6.07, 6.45) is 2.14. The Bertz CT molecular complexity index is 429. The average molecular weight is 229 g/mol. The van der Waals surface area contributed by atoms with Gasteiger partial charge in [0.05, 0.1) is 24.2 Å². The highest BCUT2D eigenvalue weighted by Gasteiger charge is 2.16. The highest BCUT2D eigenvalue weighted by molar-refractivity contribution is 5.74. The Labute approximate surface area is 101 Å². The summed E-state index contributed by atoms with van der Waals surface area (Å²) in [4.78, 5) is 11.6. The van der Waals surface area contributed by atoms with Crippen LogP contribution in [-0.4, -0.2) is 12.6 Å². The maximum atomic E-state index is 11.6. The van der Waals surface area contributed by atoms with Crippen molar-refractivity contribution in [2.75, 3.05) is 6.61 Å². The Hall–Kier alpha value is -2.08. The molecule has 1 aromatic rings. The van der Waals surface area contributed by atoms with Crippen molar-refractivity contribution in [3.63, 3.8) is 0 Å². The van der Waals surface area contributed by atoms with Crippen molar-refractivity contribution in [2.45, 2.75) is 13.3 Å². The first-order chi connectivity index (χ1) is 8.21. The highest BCUT2D eigenvalue weighted by Crippen LogP contribution is 2.12. The van der Waals surface area contributed by atoms with Crippen LogP contribution in [-0.2, 0) is 16.0 Å². The summed E-state index contributed by atoms with van der Waals surface area (Å²) in [5, 5.41) is 8.67. The van der Waals surface area contributed by atoms with Gasteiger partial charge in [0.1, 0.15) is 0 Å². The van der Waals surface area contributed by atoms with Gasteiger partial charge in [0.25, 0.3) is 0 Å². The summed E-state index contributed by atoms with van der Waals surface area (Å²) in [6.45, 7) is 5.79. The third kappa shape index (κ3) is 3.76. The summed E-state index contributed by atoms with van der Waals surface area (Å²) in [6, 6.07) is 9.21. The van der Waals surface area contributed by atoms with Crippen molar-refractivity contribution >= 4 is 5.97 Å². The molecule has 0 spiro atoms. The zero-order chi connectivity index (χ0) is 12.7. The Kier molecular flexibility index (Phi) is 4.96.